The minimum Gasteiger partial charge on any atom is -0.790 e. The summed E-state index contributed by atoms with van der Waals surface area (Å²) in [5, 5.41) is 0. The molecule has 1 unspecified atom stereocenters. The van der Waals surface area contributed by atoms with Crippen molar-refractivity contribution < 1.29 is 48.4 Å². The molecule has 0 aromatic heterocycles. The molecule has 80 valence electrons. The van der Waals surface area contributed by atoms with E-state index in [1.165, 1.54) is 0 Å². The van der Waals surface area contributed by atoms with E-state index in [0.717, 1.165) is 25.7 Å². The smallest absolute Gasteiger partial charge is 0.790 e. The zero-order valence-electron chi connectivity index (χ0n) is 9.19. The maximum absolute atomic E-state index is 10.2. The van der Waals surface area contributed by atoms with Gasteiger partial charge in [-0.05, 0) is 12.3 Å². The van der Waals surface area contributed by atoms with E-state index in [1.807, 2.05) is 6.92 Å². The Balaban J connectivity index is 0. The molecule has 0 fully saturated rings. The quantitative estimate of drug-likeness (QED) is 0.377. The molecular weight excluding hydrogens is 214 g/mol. The Morgan fingerprint density at radius 2 is 1.93 bits per heavy atom. The first-order valence-electron chi connectivity index (χ1n) is 4.66. The van der Waals surface area contributed by atoms with Crippen LogP contribution < -0.4 is 39.3 Å². The number of phosphoric acid groups is 1. The standard InChI is InChI=1S/C8H19O4P.Na/c1-3-5-6-8(4-2)7-12-13(9,10)11;/h8H,3-7H2,1-2H3,(H2,9,10,11);/q;+1/p-2. The van der Waals surface area contributed by atoms with Crippen LogP contribution in [0.2, 0.25) is 0 Å². The summed E-state index contributed by atoms with van der Waals surface area (Å²) in [6.45, 7) is 4.07. The van der Waals surface area contributed by atoms with Gasteiger partial charge in [-0.3, -0.25) is 0 Å². The SMILES string of the molecule is CCCCC(CC)COP(=O)([O-])[O-].[Na+]. The van der Waals surface area contributed by atoms with Gasteiger partial charge in [0.15, 0.2) is 0 Å². The molecule has 0 aliphatic heterocycles. The van der Waals surface area contributed by atoms with Gasteiger partial charge in [-0.1, -0.05) is 33.1 Å². The minimum atomic E-state index is -4.76. The third-order valence-electron chi connectivity index (χ3n) is 2.01. The van der Waals surface area contributed by atoms with Gasteiger partial charge in [-0.2, -0.15) is 0 Å². The number of rotatable bonds is 7. The van der Waals surface area contributed by atoms with Crippen LogP contribution in [0.4, 0.5) is 0 Å². The maximum Gasteiger partial charge on any atom is 1.00 e. The Hall–Kier alpha value is 1.11. The van der Waals surface area contributed by atoms with Gasteiger partial charge in [0.2, 0.25) is 0 Å². The second-order valence-electron chi connectivity index (χ2n) is 3.16. The van der Waals surface area contributed by atoms with E-state index < -0.39 is 7.82 Å². The Morgan fingerprint density at radius 3 is 2.29 bits per heavy atom. The molecule has 0 aliphatic rings. The second-order valence-corrected chi connectivity index (χ2v) is 4.31. The van der Waals surface area contributed by atoms with Crippen LogP contribution in [-0.4, -0.2) is 6.61 Å². The van der Waals surface area contributed by atoms with E-state index in [9.17, 15) is 14.4 Å². The average Bonchev–Trinajstić information content (AvgIpc) is 2.03. The Kier molecular flexibility index (Phi) is 11.7. The number of phosphoric ester groups is 1. The van der Waals surface area contributed by atoms with E-state index in [-0.39, 0.29) is 42.1 Å². The summed E-state index contributed by atoms with van der Waals surface area (Å²) < 4.78 is 14.4. The maximum atomic E-state index is 10.2. The van der Waals surface area contributed by atoms with Crippen LogP contribution in [0.5, 0.6) is 0 Å². The molecule has 0 radical (unpaired) electrons. The van der Waals surface area contributed by atoms with E-state index in [2.05, 4.69) is 11.4 Å². The zero-order chi connectivity index (χ0) is 10.3. The van der Waals surface area contributed by atoms with Crippen molar-refractivity contribution in [3.8, 4) is 0 Å². The summed E-state index contributed by atoms with van der Waals surface area (Å²) in [5.41, 5.74) is 0. The van der Waals surface area contributed by atoms with Gasteiger partial charge in [-0.15, -0.1) is 0 Å². The van der Waals surface area contributed by atoms with E-state index in [4.69, 9.17) is 0 Å². The molecule has 0 amide bonds. The zero-order valence-corrected chi connectivity index (χ0v) is 12.1. The minimum absolute atomic E-state index is 0. The molecule has 14 heavy (non-hydrogen) atoms. The fourth-order valence-corrected chi connectivity index (χ4v) is 1.49. The molecule has 0 saturated heterocycles. The third kappa shape index (κ3) is 11.2. The molecule has 0 aromatic carbocycles. The second kappa shape index (κ2) is 9.34. The summed E-state index contributed by atoms with van der Waals surface area (Å²) in [6, 6.07) is 0. The first-order chi connectivity index (χ1) is 5.99. The van der Waals surface area contributed by atoms with Crippen molar-refractivity contribution in [2.75, 3.05) is 6.61 Å². The van der Waals surface area contributed by atoms with Crippen LogP contribution in [0.25, 0.3) is 0 Å². The van der Waals surface area contributed by atoms with Gasteiger partial charge in [0.1, 0.15) is 0 Å². The van der Waals surface area contributed by atoms with Crippen molar-refractivity contribution in [2.45, 2.75) is 39.5 Å². The summed E-state index contributed by atoms with van der Waals surface area (Å²) >= 11 is 0. The van der Waals surface area contributed by atoms with E-state index >= 15 is 0 Å². The molecule has 0 bridgehead atoms. The molecule has 0 rings (SSSR count). The van der Waals surface area contributed by atoms with Gasteiger partial charge in [0.25, 0.3) is 0 Å². The predicted octanol–water partition coefficient (Wildman–Crippen LogP) is -1.95. The van der Waals surface area contributed by atoms with Crippen LogP contribution in [0.3, 0.4) is 0 Å². The predicted molar refractivity (Wildman–Crippen MR) is 46.9 cm³/mol. The Morgan fingerprint density at radius 1 is 1.36 bits per heavy atom. The van der Waals surface area contributed by atoms with Gasteiger partial charge in [0.05, 0.1) is 14.4 Å². The van der Waals surface area contributed by atoms with Crippen molar-refractivity contribution in [2.24, 2.45) is 5.92 Å². The van der Waals surface area contributed by atoms with Crippen molar-refractivity contribution in [3.05, 3.63) is 0 Å². The van der Waals surface area contributed by atoms with Gasteiger partial charge in [-0.25, -0.2) is 0 Å². The largest absolute Gasteiger partial charge is 1.00 e. The third-order valence-corrected chi connectivity index (χ3v) is 2.48. The van der Waals surface area contributed by atoms with Crippen molar-refractivity contribution in [1.82, 2.24) is 0 Å². The first kappa shape index (κ1) is 17.5. The molecule has 0 aromatic rings. The molecule has 4 nitrogen and oxygen atoms in total. The Labute approximate surface area is 108 Å². The molecule has 0 N–H and O–H groups in total. The van der Waals surface area contributed by atoms with Crippen molar-refractivity contribution in [3.63, 3.8) is 0 Å². The monoisotopic (exact) mass is 231 g/mol. The van der Waals surface area contributed by atoms with Crippen molar-refractivity contribution in [1.29, 1.82) is 0 Å². The molecule has 0 saturated carbocycles. The normalized spacial score (nSPS) is 13.4. The molecule has 0 spiro atoms. The number of unbranched alkanes of at least 4 members (excludes halogenated alkanes) is 1. The number of hydrogen-bond donors (Lipinski definition) is 0. The summed E-state index contributed by atoms with van der Waals surface area (Å²) in [6.07, 6.45) is 3.89. The molecule has 0 aliphatic carbocycles. The summed E-state index contributed by atoms with van der Waals surface area (Å²) in [4.78, 5) is 20.4. The van der Waals surface area contributed by atoms with Gasteiger partial charge < -0.3 is 18.9 Å². The first-order valence-corrected chi connectivity index (χ1v) is 6.12. The topological polar surface area (TPSA) is 72.4 Å². The van der Waals surface area contributed by atoms with Crippen molar-refractivity contribution >= 4 is 7.82 Å². The van der Waals surface area contributed by atoms with Crippen LogP contribution in [0.15, 0.2) is 0 Å². The van der Waals surface area contributed by atoms with Crippen LogP contribution >= 0.6 is 7.82 Å². The fourth-order valence-electron chi connectivity index (χ4n) is 1.09. The number of hydrogen-bond acceptors (Lipinski definition) is 4. The molecular formula is C8H17NaO4P-. The summed E-state index contributed by atoms with van der Waals surface area (Å²) in [7, 11) is -4.76. The molecule has 0 heterocycles. The summed E-state index contributed by atoms with van der Waals surface area (Å²) in [5.74, 6) is 0.191. The van der Waals surface area contributed by atoms with Gasteiger partial charge in [0, 0.05) is 0 Å². The molecule has 6 heteroatoms. The average molecular weight is 231 g/mol. The fraction of sp³-hybridized carbons (Fsp3) is 1.00. The van der Waals surface area contributed by atoms with E-state index in [0.29, 0.717) is 0 Å². The van der Waals surface area contributed by atoms with E-state index in [1.54, 1.807) is 0 Å². The Bertz CT molecular complexity index is 171. The van der Waals surface area contributed by atoms with Crippen LogP contribution in [0, 0.1) is 5.92 Å². The van der Waals surface area contributed by atoms with Gasteiger partial charge >= 0.3 is 29.6 Å². The van der Waals surface area contributed by atoms with Crippen LogP contribution in [0.1, 0.15) is 39.5 Å². The van der Waals surface area contributed by atoms with Crippen LogP contribution in [-0.2, 0) is 9.09 Å². The molecule has 1 atom stereocenters.